The fourth-order valence-corrected chi connectivity index (χ4v) is 3.91. The molecule has 5 heteroatoms. The maximum Gasteiger partial charge on any atom is 0.304 e. The molecule has 0 aromatic heterocycles. The van der Waals surface area contributed by atoms with Crippen LogP contribution in [0.3, 0.4) is 0 Å². The van der Waals surface area contributed by atoms with E-state index in [0.717, 1.165) is 10.8 Å². The number of ether oxygens (including phenoxy) is 2. The summed E-state index contributed by atoms with van der Waals surface area (Å²) >= 11 is 0. The summed E-state index contributed by atoms with van der Waals surface area (Å²) in [6.45, 7) is 0. The number of aliphatic hydroxyl groups is 2. The van der Waals surface area contributed by atoms with Crippen molar-refractivity contribution in [1.82, 2.24) is 0 Å². The summed E-state index contributed by atoms with van der Waals surface area (Å²) in [5.74, 6) is -0.343. The van der Waals surface area contributed by atoms with Gasteiger partial charge in [0.1, 0.15) is 23.4 Å². The molecule has 1 aliphatic carbocycles. The van der Waals surface area contributed by atoms with Gasteiger partial charge in [-0.2, -0.15) is 0 Å². The first-order chi connectivity index (χ1) is 12.1. The molecule has 5 rings (SSSR count). The second kappa shape index (κ2) is 4.88. The molecule has 126 valence electrons. The molecule has 3 aromatic rings. The van der Waals surface area contributed by atoms with Gasteiger partial charge in [-0.15, -0.1) is 0 Å². The van der Waals surface area contributed by atoms with Crippen LogP contribution in [0.2, 0.25) is 0 Å². The molecular formula is C20H16O5. The average molecular weight is 336 g/mol. The van der Waals surface area contributed by atoms with Crippen LogP contribution in [0.4, 0.5) is 0 Å². The number of aliphatic hydroxyl groups excluding tert-OH is 2. The van der Waals surface area contributed by atoms with Crippen LogP contribution in [0.15, 0.2) is 54.6 Å². The van der Waals surface area contributed by atoms with E-state index in [1.165, 1.54) is 6.07 Å². The monoisotopic (exact) mass is 336 g/mol. The van der Waals surface area contributed by atoms with E-state index in [1.807, 2.05) is 36.4 Å². The van der Waals surface area contributed by atoms with Crippen molar-refractivity contribution in [3.05, 3.63) is 65.7 Å². The van der Waals surface area contributed by atoms with E-state index in [0.29, 0.717) is 22.6 Å². The third kappa shape index (κ3) is 1.85. The lowest BCUT2D eigenvalue weighted by Crippen LogP contribution is -2.54. The summed E-state index contributed by atoms with van der Waals surface area (Å²) < 4.78 is 12.4. The van der Waals surface area contributed by atoms with Crippen LogP contribution in [-0.2, 0) is 5.79 Å². The van der Waals surface area contributed by atoms with Gasteiger partial charge in [0, 0.05) is 17.5 Å². The Morgan fingerprint density at radius 1 is 0.880 bits per heavy atom. The highest BCUT2D eigenvalue weighted by atomic mass is 16.7. The predicted octanol–water partition coefficient (Wildman–Crippen LogP) is 2.97. The van der Waals surface area contributed by atoms with Crippen LogP contribution in [0.25, 0.3) is 10.8 Å². The van der Waals surface area contributed by atoms with E-state index in [-0.39, 0.29) is 12.2 Å². The fourth-order valence-electron chi connectivity index (χ4n) is 3.91. The third-order valence-electron chi connectivity index (χ3n) is 5.03. The van der Waals surface area contributed by atoms with Crippen molar-refractivity contribution in [2.24, 2.45) is 0 Å². The molecule has 0 saturated heterocycles. The summed E-state index contributed by atoms with van der Waals surface area (Å²) in [6, 6.07) is 16.2. The van der Waals surface area contributed by atoms with Crippen LogP contribution >= 0.6 is 0 Å². The first kappa shape index (κ1) is 14.6. The van der Waals surface area contributed by atoms with Gasteiger partial charge in [0.2, 0.25) is 0 Å². The summed E-state index contributed by atoms with van der Waals surface area (Å²) in [5.41, 5.74) is 0.768. The Bertz CT molecular complexity index is 956. The van der Waals surface area contributed by atoms with Crippen LogP contribution in [0.1, 0.15) is 23.7 Å². The lowest BCUT2D eigenvalue weighted by molar-refractivity contribution is -0.214. The number of fused-ring (bicyclic) bond motifs is 2. The van der Waals surface area contributed by atoms with Gasteiger partial charge in [0.15, 0.2) is 0 Å². The Morgan fingerprint density at radius 2 is 1.52 bits per heavy atom. The average Bonchev–Trinajstić information content (AvgIpc) is 2.60. The molecule has 3 aromatic carbocycles. The largest absolute Gasteiger partial charge is 0.508 e. The molecule has 0 bridgehead atoms. The van der Waals surface area contributed by atoms with E-state index < -0.39 is 18.0 Å². The minimum absolute atomic E-state index is 0.00270. The Morgan fingerprint density at radius 3 is 2.20 bits per heavy atom. The van der Waals surface area contributed by atoms with Crippen molar-refractivity contribution in [3.63, 3.8) is 0 Å². The zero-order chi connectivity index (χ0) is 17.2. The summed E-state index contributed by atoms with van der Waals surface area (Å²) in [5, 5.41) is 33.2. The smallest absolute Gasteiger partial charge is 0.304 e. The highest BCUT2D eigenvalue weighted by Gasteiger charge is 2.54. The third-order valence-corrected chi connectivity index (χ3v) is 5.03. The molecule has 0 fully saturated rings. The number of benzene rings is 3. The van der Waals surface area contributed by atoms with Gasteiger partial charge >= 0.3 is 5.79 Å². The molecule has 5 nitrogen and oxygen atoms in total. The van der Waals surface area contributed by atoms with E-state index in [9.17, 15) is 15.3 Å². The molecule has 1 heterocycles. The van der Waals surface area contributed by atoms with Gasteiger partial charge in [0.05, 0.1) is 11.5 Å². The molecule has 3 N–H and O–H groups in total. The Hall–Kier alpha value is -2.76. The van der Waals surface area contributed by atoms with Crippen molar-refractivity contribution in [2.45, 2.75) is 24.4 Å². The molecule has 1 spiro atoms. The highest BCUT2D eigenvalue weighted by molar-refractivity contribution is 5.94. The van der Waals surface area contributed by atoms with Gasteiger partial charge in [0.25, 0.3) is 0 Å². The molecule has 0 amide bonds. The molecular weight excluding hydrogens is 320 g/mol. The Labute approximate surface area is 143 Å². The van der Waals surface area contributed by atoms with Gasteiger partial charge in [-0.05, 0) is 23.6 Å². The van der Waals surface area contributed by atoms with E-state index in [1.54, 1.807) is 12.1 Å². The van der Waals surface area contributed by atoms with Gasteiger partial charge < -0.3 is 24.8 Å². The van der Waals surface area contributed by atoms with Crippen LogP contribution < -0.4 is 9.47 Å². The first-order valence-electron chi connectivity index (χ1n) is 8.18. The minimum Gasteiger partial charge on any atom is -0.508 e. The minimum atomic E-state index is -1.50. The standard InChI is InChI=1S/C20H16O5/c21-13-7-3-6-12-19(13)14(22)10-17(23)20(12)24-15-8-1-4-11-5-2-9-16(25-20)18(11)15/h1-9,14,17,21-23H,10H2. The quantitative estimate of drug-likeness (QED) is 0.588. The van der Waals surface area contributed by atoms with Gasteiger partial charge in [-0.1, -0.05) is 36.4 Å². The summed E-state index contributed by atoms with van der Waals surface area (Å²) in [6.07, 6.45) is -2.08. The number of rotatable bonds is 0. The maximum atomic E-state index is 10.8. The van der Waals surface area contributed by atoms with Gasteiger partial charge in [-0.3, -0.25) is 0 Å². The van der Waals surface area contributed by atoms with Gasteiger partial charge in [-0.25, -0.2) is 0 Å². The van der Waals surface area contributed by atoms with Crippen LogP contribution in [0.5, 0.6) is 17.2 Å². The maximum absolute atomic E-state index is 10.8. The number of phenolic OH excluding ortho intramolecular Hbond substituents is 1. The van der Waals surface area contributed by atoms with Crippen molar-refractivity contribution in [1.29, 1.82) is 0 Å². The number of hydrogen-bond acceptors (Lipinski definition) is 5. The summed E-state index contributed by atoms with van der Waals surface area (Å²) in [4.78, 5) is 0. The molecule has 0 radical (unpaired) electrons. The fraction of sp³-hybridized carbons (Fsp3) is 0.200. The first-order valence-corrected chi connectivity index (χ1v) is 8.18. The number of aromatic hydroxyl groups is 1. The molecule has 2 atom stereocenters. The SMILES string of the molecule is Oc1cccc2c1C(O)CC(O)C21Oc2cccc3cccc(c23)O1. The Kier molecular flexibility index (Phi) is 2.84. The van der Waals surface area contributed by atoms with Crippen molar-refractivity contribution in [3.8, 4) is 17.2 Å². The van der Waals surface area contributed by atoms with Crippen LogP contribution in [-0.4, -0.2) is 21.4 Å². The second-order valence-corrected chi connectivity index (χ2v) is 6.49. The molecule has 25 heavy (non-hydrogen) atoms. The molecule has 2 aliphatic rings. The van der Waals surface area contributed by atoms with E-state index in [2.05, 4.69) is 0 Å². The molecule has 0 saturated carbocycles. The number of phenols is 1. The number of hydrogen-bond donors (Lipinski definition) is 3. The van der Waals surface area contributed by atoms with Crippen LogP contribution in [0, 0.1) is 0 Å². The van der Waals surface area contributed by atoms with Crippen molar-refractivity contribution in [2.75, 3.05) is 0 Å². The van der Waals surface area contributed by atoms with E-state index >= 15 is 0 Å². The van der Waals surface area contributed by atoms with E-state index in [4.69, 9.17) is 9.47 Å². The second-order valence-electron chi connectivity index (χ2n) is 6.49. The van der Waals surface area contributed by atoms with Crippen molar-refractivity contribution < 1.29 is 24.8 Å². The predicted molar refractivity (Wildman–Crippen MR) is 90.6 cm³/mol. The zero-order valence-electron chi connectivity index (χ0n) is 13.2. The normalized spacial score (nSPS) is 23.0. The Balaban J connectivity index is 1.78. The molecule has 2 unspecified atom stereocenters. The zero-order valence-corrected chi connectivity index (χ0v) is 13.2. The van der Waals surface area contributed by atoms with Crippen molar-refractivity contribution >= 4 is 10.8 Å². The summed E-state index contributed by atoms with van der Waals surface area (Å²) in [7, 11) is 0. The lowest BCUT2D eigenvalue weighted by atomic mass is 9.81. The lowest BCUT2D eigenvalue weighted by Gasteiger charge is -2.45. The molecule has 1 aliphatic heterocycles. The topological polar surface area (TPSA) is 79.2 Å². The highest BCUT2D eigenvalue weighted by Crippen LogP contribution is 2.52.